The summed E-state index contributed by atoms with van der Waals surface area (Å²) in [7, 11) is -2.94. The number of hydrogen-bond donors (Lipinski definition) is 1. The van der Waals surface area contributed by atoms with Crippen LogP contribution in [0, 0.1) is 5.92 Å². The first-order valence-corrected chi connectivity index (χ1v) is 9.24. The largest absolute Gasteiger partial charge is 0.312 e. The lowest BCUT2D eigenvalue weighted by atomic mass is 9.92. The molecule has 4 nitrogen and oxygen atoms in total. The summed E-state index contributed by atoms with van der Waals surface area (Å²) in [6.45, 7) is 4.76. The Hall–Kier alpha value is -0.420. The summed E-state index contributed by atoms with van der Waals surface area (Å²) < 4.78 is 23.0. The molecule has 5 heteroatoms. The van der Waals surface area contributed by atoms with Gasteiger partial charge in [0.15, 0.2) is 9.84 Å². The Morgan fingerprint density at radius 1 is 1.37 bits per heavy atom. The summed E-state index contributed by atoms with van der Waals surface area (Å²) in [5.41, 5.74) is 0. The van der Waals surface area contributed by atoms with Gasteiger partial charge in [-0.2, -0.15) is 0 Å². The Morgan fingerprint density at radius 2 is 2.11 bits per heavy atom. The minimum absolute atomic E-state index is 0.116. The van der Waals surface area contributed by atoms with Gasteiger partial charge in [0.1, 0.15) is 5.78 Å². The summed E-state index contributed by atoms with van der Waals surface area (Å²) in [5.74, 6) is 0.987. The van der Waals surface area contributed by atoms with Crippen LogP contribution in [0.5, 0.6) is 0 Å². The monoisotopic (exact) mass is 289 g/mol. The minimum atomic E-state index is -2.94. The van der Waals surface area contributed by atoms with Gasteiger partial charge in [0.25, 0.3) is 0 Å². The first-order valence-electron chi connectivity index (χ1n) is 7.42. The van der Waals surface area contributed by atoms with Crippen LogP contribution in [0.3, 0.4) is 0 Å². The summed E-state index contributed by atoms with van der Waals surface area (Å²) in [4.78, 5) is 12.0. The first-order chi connectivity index (χ1) is 8.96. The molecule has 1 fully saturated rings. The van der Waals surface area contributed by atoms with Gasteiger partial charge in [-0.1, -0.05) is 39.5 Å². The second-order valence-corrected chi connectivity index (χ2v) is 7.86. The van der Waals surface area contributed by atoms with Crippen molar-refractivity contribution in [1.82, 2.24) is 5.32 Å². The van der Waals surface area contributed by atoms with E-state index in [2.05, 4.69) is 19.2 Å². The van der Waals surface area contributed by atoms with Crippen molar-refractivity contribution < 1.29 is 13.2 Å². The molecule has 0 aromatic heterocycles. The van der Waals surface area contributed by atoms with Crippen LogP contribution in [0.4, 0.5) is 0 Å². The molecule has 1 heterocycles. The third-order valence-corrected chi connectivity index (χ3v) is 5.57. The molecule has 0 radical (unpaired) electrons. The van der Waals surface area contributed by atoms with Crippen molar-refractivity contribution in [3.05, 3.63) is 0 Å². The Labute approximate surface area is 117 Å². The molecule has 112 valence electrons. The summed E-state index contributed by atoms with van der Waals surface area (Å²) in [5, 5.41) is 3.14. The fraction of sp³-hybridized carbons (Fsp3) is 0.929. The van der Waals surface area contributed by atoms with Gasteiger partial charge >= 0.3 is 0 Å². The topological polar surface area (TPSA) is 63.2 Å². The van der Waals surface area contributed by atoms with Crippen molar-refractivity contribution in [3.63, 3.8) is 0 Å². The maximum Gasteiger partial charge on any atom is 0.153 e. The zero-order chi connectivity index (χ0) is 14.3. The summed E-state index contributed by atoms with van der Waals surface area (Å²) in [6.07, 6.45) is 5.43. The molecular formula is C14H27NO3S. The summed E-state index contributed by atoms with van der Waals surface area (Å²) >= 11 is 0. The van der Waals surface area contributed by atoms with Gasteiger partial charge in [-0.3, -0.25) is 4.79 Å². The molecular weight excluding hydrogens is 262 g/mol. The van der Waals surface area contributed by atoms with Crippen LogP contribution in [0.25, 0.3) is 0 Å². The van der Waals surface area contributed by atoms with Gasteiger partial charge in [0.2, 0.25) is 0 Å². The predicted octanol–water partition coefficient (Wildman–Crippen LogP) is 1.94. The molecule has 1 saturated heterocycles. The van der Waals surface area contributed by atoms with Crippen molar-refractivity contribution in [2.75, 3.05) is 18.1 Å². The second kappa shape index (κ2) is 8.00. The van der Waals surface area contributed by atoms with E-state index in [1.165, 1.54) is 6.42 Å². The lowest BCUT2D eigenvalue weighted by Crippen LogP contribution is -2.46. The maximum atomic E-state index is 12.0. The third-order valence-electron chi connectivity index (χ3n) is 3.83. The smallest absolute Gasteiger partial charge is 0.153 e. The van der Waals surface area contributed by atoms with E-state index in [1.54, 1.807) is 0 Å². The van der Waals surface area contributed by atoms with Crippen molar-refractivity contribution in [2.24, 2.45) is 5.92 Å². The van der Waals surface area contributed by atoms with Crippen molar-refractivity contribution in [1.29, 1.82) is 0 Å². The highest BCUT2D eigenvalue weighted by Gasteiger charge is 2.26. The normalized spacial score (nSPS) is 24.0. The summed E-state index contributed by atoms with van der Waals surface area (Å²) in [6, 6.07) is -0.171. The molecule has 0 bridgehead atoms. The molecule has 1 rings (SSSR count). The molecule has 0 aromatic rings. The van der Waals surface area contributed by atoms with Crippen LogP contribution >= 0.6 is 0 Å². The fourth-order valence-electron chi connectivity index (χ4n) is 2.62. The van der Waals surface area contributed by atoms with E-state index in [0.717, 1.165) is 19.3 Å². The van der Waals surface area contributed by atoms with E-state index in [1.807, 2.05) is 0 Å². The Balaban J connectivity index is 2.37. The zero-order valence-corrected chi connectivity index (χ0v) is 13.0. The van der Waals surface area contributed by atoms with E-state index < -0.39 is 9.84 Å². The lowest BCUT2D eigenvalue weighted by Gasteiger charge is -2.23. The molecule has 1 N–H and O–H groups in total. The van der Waals surface area contributed by atoms with E-state index >= 15 is 0 Å². The average molecular weight is 289 g/mol. The van der Waals surface area contributed by atoms with E-state index in [4.69, 9.17) is 0 Å². The van der Waals surface area contributed by atoms with E-state index in [-0.39, 0.29) is 23.3 Å². The van der Waals surface area contributed by atoms with Crippen molar-refractivity contribution in [2.45, 2.75) is 58.4 Å². The number of Topliss-reactive ketones (excluding diaryl/α,β-unsaturated/α-hetero) is 1. The number of nitrogens with one attached hydrogen (secondary N) is 1. The van der Waals surface area contributed by atoms with Crippen LogP contribution in [0.2, 0.25) is 0 Å². The zero-order valence-electron chi connectivity index (χ0n) is 12.2. The molecule has 1 aliphatic rings. The van der Waals surface area contributed by atoms with Crippen LogP contribution in [0.1, 0.15) is 52.4 Å². The fourth-order valence-corrected chi connectivity index (χ4v) is 4.07. The number of carbonyl (C=O) groups is 1. The van der Waals surface area contributed by atoms with Gasteiger partial charge < -0.3 is 5.32 Å². The molecule has 2 atom stereocenters. The number of unbranched alkanes of at least 4 members (excludes halogenated alkanes) is 1. The van der Waals surface area contributed by atoms with Gasteiger partial charge in [-0.05, 0) is 5.92 Å². The SMILES string of the molecule is CCCCC(CC)CC(=O)CC1CS(=O)(=O)CCN1. The highest BCUT2D eigenvalue weighted by Crippen LogP contribution is 2.18. The van der Waals surface area contributed by atoms with Crippen molar-refractivity contribution >= 4 is 15.6 Å². The maximum absolute atomic E-state index is 12.0. The molecule has 1 aliphatic heterocycles. The second-order valence-electron chi connectivity index (χ2n) is 5.63. The number of sulfone groups is 1. The number of carbonyl (C=O) groups excluding carboxylic acids is 1. The van der Waals surface area contributed by atoms with E-state index in [9.17, 15) is 13.2 Å². The Morgan fingerprint density at radius 3 is 2.68 bits per heavy atom. The van der Waals surface area contributed by atoms with E-state index in [0.29, 0.717) is 25.3 Å². The molecule has 19 heavy (non-hydrogen) atoms. The predicted molar refractivity (Wildman–Crippen MR) is 78.0 cm³/mol. The van der Waals surface area contributed by atoms with Crippen LogP contribution in [-0.4, -0.2) is 38.3 Å². The number of hydrogen-bond acceptors (Lipinski definition) is 4. The van der Waals surface area contributed by atoms with Crippen molar-refractivity contribution in [3.8, 4) is 0 Å². The number of rotatable bonds is 8. The quantitative estimate of drug-likeness (QED) is 0.741. The van der Waals surface area contributed by atoms with Crippen LogP contribution < -0.4 is 5.32 Å². The highest BCUT2D eigenvalue weighted by atomic mass is 32.2. The highest BCUT2D eigenvalue weighted by molar-refractivity contribution is 7.91. The molecule has 0 amide bonds. The van der Waals surface area contributed by atoms with Gasteiger partial charge in [0.05, 0.1) is 11.5 Å². The van der Waals surface area contributed by atoms with Crippen LogP contribution in [-0.2, 0) is 14.6 Å². The lowest BCUT2D eigenvalue weighted by molar-refractivity contribution is -0.120. The molecule has 0 saturated carbocycles. The Bertz CT molecular complexity index is 378. The molecule has 0 spiro atoms. The molecule has 0 aliphatic carbocycles. The first kappa shape index (κ1) is 16.6. The third kappa shape index (κ3) is 6.52. The average Bonchev–Trinajstić information content (AvgIpc) is 2.33. The Kier molecular flexibility index (Phi) is 7.00. The standard InChI is InChI=1S/C14H27NO3S/c1-3-5-6-12(4-2)9-14(16)10-13-11-19(17,18)8-7-15-13/h12-13,15H,3-11H2,1-2H3. The van der Waals surface area contributed by atoms with Gasteiger partial charge in [0, 0.05) is 25.4 Å². The molecule has 2 unspecified atom stereocenters. The minimum Gasteiger partial charge on any atom is -0.312 e. The van der Waals surface area contributed by atoms with Gasteiger partial charge in [-0.25, -0.2) is 8.42 Å². The number of ketones is 1. The van der Waals surface area contributed by atoms with Gasteiger partial charge in [-0.15, -0.1) is 0 Å². The molecule has 0 aromatic carbocycles. The van der Waals surface area contributed by atoms with Crippen LogP contribution in [0.15, 0.2) is 0 Å².